The van der Waals surface area contributed by atoms with Crippen molar-refractivity contribution in [1.29, 1.82) is 5.26 Å². The van der Waals surface area contributed by atoms with Crippen molar-refractivity contribution in [3.8, 4) is 22.2 Å². The molecule has 0 spiro atoms. The monoisotopic (exact) mass is 892 g/mol. The van der Waals surface area contributed by atoms with Crippen LogP contribution in [0.25, 0.3) is 27.0 Å². The third-order valence-corrected chi connectivity index (χ3v) is 13.9. The molecule has 0 aliphatic carbocycles. The molecule has 64 heavy (non-hydrogen) atoms. The van der Waals surface area contributed by atoms with E-state index in [9.17, 15) is 23.3 Å². The predicted octanol–water partition coefficient (Wildman–Crippen LogP) is 9.64. The zero-order valence-electron chi connectivity index (χ0n) is 36.9. The Kier molecular flexibility index (Phi) is 11.6. The van der Waals surface area contributed by atoms with Gasteiger partial charge >= 0.3 is 5.97 Å². The second-order valence-corrected chi connectivity index (χ2v) is 19.9. The maximum atomic E-state index is 13.4. The third kappa shape index (κ3) is 8.58. The van der Waals surface area contributed by atoms with Crippen LogP contribution in [0.3, 0.4) is 0 Å². The molecule has 15 heteroatoms. The number of nitrogens with one attached hydrogen (secondary N) is 3. The number of aromatic nitrogens is 4. The first kappa shape index (κ1) is 43.7. The molecule has 3 N–H and O–H groups in total. The molecule has 0 unspecified atom stereocenters. The quantitative estimate of drug-likeness (QED) is 0.107. The second-order valence-electron chi connectivity index (χ2n) is 17.1. The fourth-order valence-corrected chi connectivity index (χ4v) is 10.3. The first-order valence-corrected chi connectivity index (χ1v) is 23.2. The van der Waals surface area contributed by atoms with Crippen molar-refractivity contribution in [2.45, 2.75) is 91.3 Å². The Hall–Kier alpha value is -6.89. The molecule has 0 bridgehead atoms. The van der Waals surface area contributed by atoms with Gasteiger partial charge in [0.1, 0.15) is 28.5 Å². The SMILES string of the molecule is Cc1cc(-c2ccc(C3=N[C@@H](CCC(=O)OC(C)(C)C)c4nnc(C)n4-c4sc(C)c(C)c43)cc2)ccc1C(=O)NCc1ccc(S(=O)(=O)Nc2ccc(C)c3c(C#N)c[nH]c23)cc1. The van der Waals surface area contributed by atoms with Crippen LogP contribution in [0.1, 0.15) is 105 Å². The van der Waals surface area contributed by atoms with Crippen molar-refractivity contribution >= 4 is 55.5 Å². The van der Waals surface area contributed by atoms with Crippen molar-refractivity contribution in [3.63, 3.8) is 0 Å². The zero-order valence-corrected chi connectivity index (χ0v) is 38.5. The number of benzene rings is 4. The van der Waals surface area contributed by atoms with Crippen LogP contribution >= 0.6 is 11.3 Å². The summed E-state index contributed by atoms with van der Waals surface area (Å²) in [6.45, 7) is 15.7. The number of carbonyl (C=O) groups is 2. The van der Waals surface area contributed by atoms with Crippen LogP contribution in [-0.4, -0.2) is 51.4 Å². The molecule has 0 radical (unpaired) electrons. The van der Waals surface area contributed by atoms with E-state index in [2.05, 4.69) is 74.0 Å². The highest BCUT2D eigenvalue weighted by atomic mass is 32.2. The summed E-state index contributed by atoms with van der Waals surface area (Å²) < 4.78 is 37.0. The van der Waals surface area contributed by atoms with Crippen molar-refractivity contribution < 1.29 is 22.7 Å². The minimum atomic E-state index is -3.95. The van der Waals surface area contributed by atoms with Crippen molar-refractivity contribution in [1.82, 2.24) is 25.1 Å². The first-order chi connectivity index (χ1) is 30.4. The number of nitriles is 1. The predicted molar refractivity (Wildman–Crippen MR) is 250 cm³/mol. The summed E-state index contributed by atoms with van der Waals surface area (Å²) in [6, 6.07) is 25.4. The van der Waals surface area contributed by atoms with Crippen molar-refractivity contribution in [2.24, 2.45) is 4.99 Å². The van der Waals surface area contributed by atoms with Gasteiger partial charge in [0.05, 0.1) is 27.4 Å². The van der Waals surface area contributed by atoms with Crippen LogP contribution in [0.2, 0.25) is 0 Å². The van der Waals surface area contributed by atoms with E-state index in [4.69, 9.17) is 9.73 Å². The van der Waals surface area contributed by atoms with Gasteiger partial charge in [-0.1, -0.05) is 54.6 Å². The number of aliphatic imine (C=N–C) groups is 1. The molecular weight excluding hydrogens is 845 g/mol. The number of thiophene rings is 1. The minimum absolute atomic E-state index is 0.0614. The normalized spacial score (nSPS) is 13.7. The topological polar surface area (TPSA) is 184 Å². The molecule has 13 nitrogen and oxygen atoms in total. The Labute approximate surface area is 376 Å². The molecule has 0 saturated heterocycles. The Bertz CT molecular complexity index is 3160. The molecule has 4 aromatic carbocycles. The second kappa shape index (κ2) is 17.0. The van der Waals surface area contributed by atoms with Crippen molar-refractivity contribution in [2.75, 3.05) is 4.72 Å². The lowest BCUT2D eigenvalue weighted by Crippen LogP contribution is -2.24. The van der Waals surface area contributed by atoms with Crippen LogP contribution < -0.4 is 10.0 Å². The number of rotatable bonds is 11. The number of aryl methyl sites for hydroxylation is 4. The molecule has 8 rings (SSSR count). The van der Waals surface area contributed by atoms with Gasteiger partial charge < -0.3 is 15.0 Å². The Balaban J connectivity index is 0.963. The average molecular weight is 893 g/mol. The molecule has 1 amide bonds. The largest absolute Gasteiger partial charge is 0.460 e. The van der Waals surface area contributed by atoms with Crippen LogP contribution in [-0.2, 0) is 26.1 Å². The highest BCUT2D eigenvalue weighted by molar-refractivity contribution is 7.92. The van der Waals surface area contributed by atoms with Crippen LogP contribution in [0.15, 0.2) is 94.9 Å². The molecule has 1 aliphatic heterocycles. The van der Waals surface area contributed by atoms with Crippen LogP contribution in [0.5, 0.6) is 0 Å². The summed E-state index contributed by atoms with van der Waals surface area (Å²) >= 11 is 1.68. The molecule has 3 aromatic heterocycles. The van der Waals surface area contributed by atoms with E-state index in [-0.39, 0.29) is 29.7 Å². The number of carbonyl (C=O) groups excluding carboxylic acids is 2. The molecule has 7 aromatic rings. The molecule has 0 saturated carbocycles. The smallest absolute Gasteiger partial charge is 0.306 e. The molecule has 326 valence electrons. The number of nitrogens with zero attached hydrogens (tertiary/aromatic N) is 5. The number of anilines is 1. The molecular formula is C49H48N8O5S2. The average Bonchev–Trinajstić information content (AvgIpc) is 3.93. The van der Waals surface area contributed by atoms with E-state index < -0.39 is 21.7 Å². The molecule has 0 fully saturated rings. The molecule has 4 heterocycles. The van der Waals surface area contributed by atoms with Crippen LogP contribution in [0.4, 0.5) is 5.69 Å². The van der Waals surface area contributed by atoms with Gasteiger partial charge in [-0.25, -0.2) is 8.42 Å². The summed E-state index contributed by atoms with van der Waals surface area (Å²) in [7, 11) is -3.95. The lowest BCUT2D eigenvalue weighted by molar-refractivity contribution is -0.155. The zero-order chi connectivity index (χ0) is 45.7. The van der Waals surface area contributed by atoms with E-state index in [1.54, 1.807) is 41.8 Å². The number of aromatic amines is 1. The molecule has 1 aliphatic rings. The van der Waals surface area contributed by atoms with Gasteiger partial charge in [-0.15, -0.1) is 21.5 Å². The van der Waals surface area contributed by atoms with E-state index in [1.807, 2.05) is 59.7 Å². The summed E-state index contributed by atoms with van der Waals surface area (Å²) in [4.78, 5) is 35.8. The van der Waals surface area contributed by atoms with E-state index in [0.717, 1.165) is 61.0 Å². The van der Waals surface area contributed by atoms with Crippen molar-refractivity contribution in [3.05, 3.63) is 146 Å². The van der Waals surface area contributed by atoms with Gasteiger partial charge in [-0.05, 0) is 119 Å². The summed E-state index contributed by atoms with van der Waals surface area (Å²) in [6.07, 6.45) is 2.16. The Morgan fingerprint density at radius 2 is 1.61 bits per heavy atom. The summed E-state index contributed by atoms with van der Waals surface area (Å²) in [5.74, 6) is 0.914. The van der Waals surface area contributed by atoms with Gasteiger partial charge in [0, 0.05) is 46.1 Å². The summed E-state index contributed by atoms with van der Waals surface area (Å²) in [5.41, 5.74) is 9.47. The summed E-state index contributed by atoms with van der Waals surface area (Å²) in [5, 5.41) is 23.1. The van der Waals surface area contributed by atoms with Gasteiger partial charge in [0.2, 0.25) is 0 Å². The number of H-pyrrole nitrogens is 1. The Morgan fingerprint density at radius 1 is 0.906 bits per heavy atom. The number of sulfonamides is 1. The van der Waals surface area contributed by atoms with Gasteiger partial charge in [0.15, 0.2) is 5.82 Å². The highest BCUT2D eigenvalue weighted by Crippen LogP contribution is 2.40. The van der Waals surface area contributed by atoms with Gasteiger partial charge in [-0.2, -0.15) is 5.26 Å². The lowest BCUT2D eigenvalue weighted by atomic mass is 9.95. The fraction of sp³-hybridized carbons (Fsp3) is 0.265. The van der Waals surface area contributed by atoms with E-state index >= 15 is 0 Å². The number of hydrogen-bond acceptors (Lipinski definition) is 10. The number of fused-ring (bicyclic) bond motifs is 4. The van der Waals surface area contributed by atoms with E-state index in [0.29, 0.717) is 40.0 Å². The highest BCUT2D eigenvalue weighted by Gasteiger charge is 2.32. The minimum Gasteiger partial charge on any atom is -0.460 e. The van der Waals surface area contributed by atoms with E-state index in [1.165, 1.54) is 17.0 Å². The fourth-order valence-electron chi connectivity index (χ4n) is 8.01. The maximum Gasteiger partial charge on any atom is 0.306 e. The lowest BCUT2D eigenvalue weighted by Gasteiger charge is -2.20. The Morgan fingerprint density at radius 3 is 2.30 bits per heavy atom. The maximum absolute atomic E-state index is 13.4. The third-order valence-electron chi connectivity index (χ3n) is 11.3. The van der Waals surface area contributed by atoms with Gasteiger partial charge in [0.25, 0.3) is 15.9 Å². The number of amides is 1. The standard InChI is InChI=1S/C49H48N8O5S2/c1-27-9-20-39(45-42(27)36(24-50)26-51-45)56-64(60,61)37-17-10-32(11-18-37)25-52-47(59)38-19-16-35(23-28(38)2)33-12-14-34(15-13-33)44-43-29(3)30(4)63-48(43)57-31(5)54-55-46(57)40(53-44)21-22-41(58)62-49(6,7)8/h9-20,23,26,40,51,56H,21-22,25H2,1-8H3,(H,52,59)/t40-/m0/s1. The number of hydrogen-bond donors (Lipinski definition) is 3. The first-order valence-electron chi connectivity index (χ1n) is 20.9. The van der Waals surface area contributed by atoms with Crippen LogP contribution in [0, 0.1) is 45.9 Å². The number of ether oxygens (including phenoxy) is 1. The number of esters is 1. The van der Waals surface area contributed by atoms with Gasteiger partial charge in [-0.3, -0.25) is 23.9 Å². The molecule has 1 atom stereocenters.